The van der Waals surface area contributed by atoms with Crippen LogP contribution in [-0.2, 0) is 0 Å². The number of rotatable bonds is 7. The molecular formula is C14H23NOS. The SMILES string of the molecule is CCC(C)C(CSc1ccc(OC)cc1)NC. The molecule has 1 aromatic carbocycles. The fourth-order valence-electron chi connectivity index (χ4n) is 1.67. The third-order valence-corrected chi connectivity index (χ3v) is 4.32. The summed E-state index contributed by atoms with van der Waals surface area (Å²) in [6.07, 6.45) is 1.22. The molecule has 3 heteroatoms. The Labute approximate surface area is 109 Å². The van der Waals surface area contributed by atoms with Crippen LogP contribution in [0.1, 0.15) is 20.3 Å². The van der Waals surface area contributed by atoms with Crippen LogP contribution in [0.5, 0.6) is 5.75 Å². The van der Waals surface area contributed by atoms with Gasteiger partial charge < -0.3 is 10.1 Å². The molecule has 0 spiro atoms. The molecule has 0 aliphatic carbocycles. The minimum atomic E-state index is 0.576. The molecule has 0 aliphatic rings. The van der Waals surface area contributed by atoms with Gasteiger partial charge in [-0.15, -0.1) is 11.8 Å². The maximum absolute atomic E-state index is 5.15. The fraction of sp³-hybridized carbons (Fsp3) is 0.571. The Bertz CT molecular complexity index is 313. The van der Waals surface area contributed by atoms with E-state index in [9.17, 15) is 0 Å². The smallest absolute Gasteiger partial charge is 0.118 e. The summed E-state index contributed by atoms with van der Waals surface area (Å²) in [6, 6.07) is 8.84. The van der Waals surface area contributed by atoms with Crippen molar-refractivity contribution in [2.24, 2.45) is 5.92 Å². The molecule has 2 unspecified atom stereocenters. The highest BCUT2D eigenvalue weighted by atomic mass is 32.2. The van der Waals surface area contributed by atoms with Crippen molar-refractivity contribution in [1.82, 2.24) is 5.32 Å². The molecule has 0 radical (unpaired) electrons. The highest BCUT2D eigenvalue weighted by Crippen LogP contribution is 2.23. The number of hydrogen-bond donors (Lipinski definition) is 1. The summed E-state index contributed by atoms with van der Waals surface area (Å²) in [4.78, 5) is 1.30. The third-order valence-electron chi connectivity index (χ3n) is 3.19. The predicted molar refractivity (Wildman–Crippen MR) is 76.0 cm³/mol. The molecule has 1 N–H and O–H groups in total. The van der Waals surface area contributed by atoms with E-state index in [1.165, 1.54) is 11.3 Å². The molecular weight excluding hydrogens is 230 g/mol. The zero-order valence-corrected chi connectivity index (χ0v) is 12.0. The van der Waals surface area contributed by atoms with Gasteiger partial charge in [0.2, 0.25) is 0 Å². The van der Waals surface area contributed by atoms with E-state index in [1.807, 2.05) is 30.9 Å². The molecule has 0 amide bonds. The van der Waals surface area contributed by atoms with Gasteiger partial charge in [-0.05, 0) is 37.2 Å². The zero-order valence-electron chi connectivity index (χ0n) is 11.2. The van der Waals surface area contributed by atoms with Crippen LogP contribution in [0, 0.1) is 5.92 Å². The van der Waals surface area contributed by atoms with E-state index >= 15 is 0 Å². The topological polar surface area (TPSA) is 21.3 Å². The molecule has 0 fully saturated rings. The first-order valence-corrected chi connectivity index (χ1v) is 7.14. The summed E-state index contributed by atoms with van der Waals surface area (Å²) >= 11 is 1.90. The summed E-state index contributed by atoms with van der Waals surface area (Å²) in [5.41, 5.74) is 0. The minimum Gasteiger partial charge on any atom is -0.497 e. The van der Waals surface area contributed by atoms with Gasteiger partial charge in [0.25, 0.3) is 0 Å². The van der Waals surface area contributed by atoms with Gasteiger partial charge in [-0.25, -0.2) is 0 Å². The molecule has 1 aromatic rings. The Morgan fingerprint density at radius 2 is 1.94 bits per heavy atom. The molecule has 2 nitrogen and oxygen atoms in total. The van der Waals surface area contributed by atoms with Crippen molar-refractivity contribution in [3.63, 3.8) is 0 Å². The lowest BCUT2D eigenvalue weighted by atomic mass is 10.0. The molecule has 1 rings (SSSR count). The lowest BCUT2D eigenvalue weighted by Crippen LogP contribution is -2.34. The zero-order chi connectivity index (χ0) is 12.7. The number of hydrogen-bond acceptors (Lipinski definition) is 3. The Kier molecular flexibility index (Phi) is 6.45. The lowest BCUT2D eigenvalue weighted by molar-refractivity contribution is 0.414. The van der Waals surface area contributed by atoms with Crippen molar-refractivity contribution in [1.29, 1.82) is 0 Å². The molecule has 0 heterocycles. The van der Waals surface area contributed by atoms with Crippen molar-refractivity contribution < 1.29 is 4.74 Å². The van der Waals surface area contributed by atoms with Gasteiger partial charge in [-0.1, -0.05) is 20.3 Å². The molecule has 17 heavy (non-hydrogen) atoms. The van der Waals surface area contributed by atoms with E-state index in [1.54, 1.807) is 7.11 Å². The van der Waals surface area contributed by atoms with E-state index in [-0.39, 0.29) is 0 Å². The van der Waals surface area contributed by atoms with Crippen molar-refractivity contribution in [2.45, 2.75) is 31.2 Å². The Hall–Kier alpha value is -0.670. The van der Waals surface area contributed by atoms with Gasteiger partial charge in [-0.3, -0.25) is 0 Å². The van der Waals surface area contributed by atoms with E-state index in [0.29, 0.717) is 12.0 Å². The van der Waals surface area contributed by atoms with E-state index in [4.69, 9.17) is 4.74 Å². The van der Waals surface area contributed by atoms with Gasteiger partial charge in [0, 0.05) is 16.7 Å². The van der Waals surface area contributed by atoms with Crippen molar-refractivity contribution >= 4 is 11.8 Å². The average molecular weight is 253 g/mol. The number of nitrogens with one attached hydrogen (secondary N) is 1. The summed E-state index contributed by atoms with van der Waals surface area (Å²) in [7, 11) is 3.74. The Morgan fingerprint density at radius 1 is 1.29 bits per heavy atom. The summed E-state index contributed by atoms with van der Waals surface area (Å²) in [6.45, 7) is 4.54. The number of ether oxygens (including phenoxy) is 1. The van der Waals surface area contributed by atoms with Crippen LogP contribution >= 0.6 is 11.8 Å². The quantitative estimate of drug-likeness (QED) is 0.752. The molecule has 0 bridgehead atoms. The van der Waals surface area contributed by atoms with Crippen molar-refractivity contribution in [3.8, 4) is 5.75 Å². The third kappa shape index (κ3) is 4.60. The summed E-state index contributed by atoms with van der Waals surface area (Å²) in [5.74, 6) is 2.74. The predicted octanol–water partition coefficient (Wildman–Crippen LogP) is 3.42. The maximum atomic E-state index is 5.15. The number of benzene rings is 1. The summed E-state index contributed by atoms with van der Waals surface area (Å²) < 4.78 is 5.15. The van der Waals surface area contributed by atoms with Crippen LogP contribution in [0.15, 0.2) is 29.2 Å². The second-order valence-electron chi connectivity index (χ2n) is 4.27. The fourth-order valence-corrected chi connectivity index (χ4v) is 2.87. The maximum Gasteiger partial charge on any atom is 0.118 e. The van der Waals surface area contributed by atoms with Gasteiger partial charge in [-0.2, -0.15) is 0 Å². The second kappa shape index (κ2) is 7.62. The first-order chi connectivity index (χ1) is 8.21. The Balaban J connectivity index is 2.47. The monoisotopic (exact) mass is 253 g/mol. The van der Waals surface area contributed by atoms with Gasteiger partial charge in [0.05, 0.1) is 7.11 Å². The van der Waals surface area contributed by atoms with E-state index < -0.39 is 0 Å². The van der Waals surface area contributed by atoms with Gasteiger partial charge >= 0.3 is 0 Å². The summed E-state index contributed by atoms with van der Waals surface area (Å²) in [5, 5.41) is 3.40. The second-order valence-corrected chi connectivity index (χ2v) is 5.36. The number of methoxy groups -OCH3 is 1. The Morgan fingerprint density at radius 3 is 2.41 bits per heavy atom. The van der Waals surface area contributed by atoms with Gasteiger partial charge in [0.15, 0.2) is 0 Å². The van der Waals surface area contributed by atoms with Crippen molar-refractivity contribution in [2.75, 3.05) is 19.9 Å². The van der Waals surface area contributed by atoms with Crippen LogP contribution in [0.3, 0.4) is 0 Å². The minimum absolute atomic E-state index is 0.576. The molecule has 96 valence electrons. The standard InChI is InChI=1S/C14H23NOS/c1-5-11(2)14(15-3)10-17-13-8-6-12(16-4)7-9-13/h6-9,11,14-15H,5,10H2,1-4H3. The van der Waals surface area contributed by atoms with Crippen LogP contribution in [0.2, 0.25) is 0 Å². The average Bonchev–Trinajstić information content (AvgIpc) is 2.39. The normalized spacial score (nSPS) is 14.4. The number of thioether (sulfide) groups is 1. The van der Waals surface area contributed by atoms with Crippen LogP contribution in [0.25, 0.3) is 0 Å². The molecule has 0 saturated heterocycles. The van der Waals surface area contributed by atoms with E-state index in [0.717, 1.165) is 11.5 Å². The molecule has 0 saturated carbocycles. The lowest BCUT2D eigenvalue weighted by Gasteiger charge is -2.21. The first kappa shape index (κ1) is 14.4. The van der Waals surface area contributed by atoms with Gasteiger partial charge in [0.1, 0.15) is 5.75 Å². The van der Waals surface area contributed by atoms with Crippen LogP contribution in [-0.4, -0.2) is 26.0 Å². The largest absolute Gasteiger partial charge is 0.497 e. The molecule has 2 atom stereocenters. The molecule has 0 aromatic heterocycles. The first-order valence-electron chi connectivity index (χ1n) is 6.15. The molecule has 0 aliphatic heterocycles. The van der Waals surface area contributed by atoms with E-state index in [2.05, 4.69) is 31.3 Å². The van der Waals surface area contributed by atoms with Crippen molar-refractivity contribution in [3.05, 3.63) is 24.3 Å². The van der Waals surface area contributed by atoms with Crippen LogP contribution in [0.4, 0.5) is 0 Å². The highest BCUT2D eigenvalue weighted by Gasteiger charge is 2.13. The van der Waals surface area contributed by atoms with Crippen LogP contribution < -0.4 is 10.1 Å². The highest BCUT2D eigenvalue weighted by molar-refractivity contribution is 7.99.